The molecule has 2 saturated heterocycles. The highest BCUT2D eigenvalue weighted by Gasteiger charge is 2.34. The molecular weight excluding hydrogens is 442 g/mol. The summed E-state index contributed by atoms with van der Waals surface area (Å²) in [6, 6.07) is 10.3. The number of benzene rings is 1. The molecule has 4 rings (SSSR count). The van der Waals surface area contributed by atoms with Gasteiger partial charge in [0.2, 0.25) is 5.91 Å². The molecule has 0 spiro atoms. The minimum atomic E-state index is -3.64. The van der Waals surface area contributed by atoms with E-state index in [1.807, 2.05) is 18.2 Å². The average Bonchev–Trinajstić information content (AvgIpc) is 3.19. The number of ether oxygens (including phenoxy) is 1. The summed E-state index contributed by atoms with van der Waals surface area (Å²) in [5.74, 6) is 0.453. The Balaban J connectivity index is 1.34. The fourth-order valence-electron chi connectivity index (χ4n) is 4.50. The first-order valence-electron chi connectivity index (χ1n) is 11.5. The highest BCUT2D eigenvalue weighted by atomic mass is 32.2. The first-order chi connectivity index (χ1) is 15.9. The fourth-order valence-corrected chi connectivity index (χ4v) is 6.00. The Kier molecular flexibility index (Phi) is 7.48. The number of aryl methyl sites for hydroxylation is 2. The Hall–Kier alpha value is -2.27. The van der Waals surface area contributed by atoms with Crippen LogP contribution in [-0.4, -0.2) is 79.0 Å². The van der Waals surface area contributed by atoms with Crippen LogP contribution in [0.3, 0.4) is 0 Å². The first-order valence-corrected chi connectivity index (χ1v) is 12.9. The van der Waals surface area contributed by atoms with Crippen molar-refractivity contribution in [2.24, 2.45) is 13.0 Å². The number of amides is 1. The second-order valence-corrected chi connectivity index (χ2v) is 10.6. The lowest BCUT2D eigenvalue weighted by atomic mass is 9.97. The van der Waals surface area contributed by atoms with Crippen molar-refractivity contribution in [3.63, 3.8) is 0 Å². The molecule has 0 aliphatic carbocycles. The number of piperidine rings is 1. The number of nitrogens with zero attached hydrogens (tertiary/aromatic N) is 4. The average molecular weight is 476 g/mol. The maximum Gasteiger partial charge on any atom is 0.262 e. The van der Waals surface area contributed by atoms with Gasteiger partial charge in [-0.05, 0) is 25.3 Å². The first kappa shape index (κ1) is 23.9. The van der Waals surface area contributed by atoms with Crippen molar-refractivity contribution >= 4 is 15.9 Å². The third-order valence-electron chi connectivity index (χ3n) is 6.66. The van der Waals surface area contributed by atoms with Crippen LogP contribution in [0.5, 0.6) is 0 Å². The minimum Gasteiger partial charge on any atom is -0.379 e. The summed E-state index contributed by atoms with van der Waals surface area (Å²) in [4.78, 5) is 19.5. The van der Waals surface area contributed by atoms with Crippen LogP contribution in [0.15, 0.2) is 41.6 Å². The summed E-state index contributed by atoms with van der Waals surface area (Å²) < 4.78 is 34.5. The van der Waals surface area contributed by atoms with Gasteiger partial charge in [0.15, 0.2) is 5.03 Å². The maximum absolute atomic E-state index is 13.0. The summed E-state index contributed by atoms with van der Waals surface area (Å²) >= 11 is 0. The molecule has 0 radical (unpaired) electrons. The molecule has 1 aromatic carbocycles. The molecular formula is C23H33N5O4S. The standard InChI is InChI=1S/C23H33N5O4S/c1-18-25-22(17-26(18)2)33(30,31)28-10-8-20(9-11-28)23(29)24-16-21(19-6-4-3-5-7-19)27-12-14-32-15-13-27/h3-7,17,20-21H,8-16H2,1-2H3,(H,24,29). The van der Waals surface area contributed by atoms with Crippen LogP contribution in [0.4, 0.5) is 0 Å². The van der Waals surface area contributed by atoms with Crippen LogP contribution in [-0.2, 0) is 26.6 Å². The SMILES string of the molecule is Cc1nc(S(=O)(=O)N2CCC(C(=O)NCC(c3ccccc3)N3CCOCC3)CC2)cn1C. The van der Waals surface area contributed by atoms with Gasteiger partial charge >= 0.3 is 0 Å². The van der Waals surface area contributed by atoms with Crippen molar-refractivity contribution in [1.29, 1.82) is 0 Å². The summed E-state index contributed by atoms with van der Waals surface area (Å²) in [5, 5.41) is 3.21. The van der Waals surface area contributed by atoms with Crippen LogP contribution in [0.2, 0.25) is 0 Å². The third-order valence-corrected chi connectivity index (χ3v) is 8.43. The zero-order valence-electron chi connectivity index (χ0n) is 19.3. The number of imidazole rings is 1. The Morgan fingerprint density at radius 1 is 1.15 bits per heavy atom. The Morgan fingerprint density at radius 2 is 1.82 bits per heavy atom. The quantitative estimate of drug-likeness (QED) is 0.649. The molecule has 2 aromatic rings. The number of carbonyl (C=O) groups is 1. The number of hydrogen-bond donors (Lipinski definition) is 1. The topological polar surface area (TPSA) is 96.8 Å². The smallest absolute Gasteiger partial charge is 0.262 e. The fraction of sp³-hybridized carbons (Fsp3) is 0.565. The van der Waals surface area contributed by atoms with Gasteiger partial charge in [0.25, 0.3) is 10.0 Å². The molecule has 1 atom stereocenters. The van der Waals surface area contributed by atoms with Crippen LogP contribution < -0.4 is 5.32 Å². The Labute approximate surface area is 195 Å². The van der Waals surface area contributed by atoms with Crippen LogP contribution in [0.1, 0.15) is 30.3 Å². The molecule has 33 heavy (non-hydrogen) atoms. The lowest BCUT2D eigenvalue weighted by Gasteiger charge is -2.35. The number of nitrogens with one attached hydrogen (secondary N) is 1. The van der Waals surface area contributed by atoms with Gasteiger partial charge in [-0.25, -0.2) is 13.4 Å². The monoisotopic (exact) mass is 475 g/mol. The number of sulfonamides is 1. The highest BCUT2D eigenvalue weighted by molar-refractivity contribution is 7.89. The molecule has 1 unspecified atom stereocenters. The van der Waals surface area contributed by atoms with E-state index in [9.17, 15) is 13.2 Å². The van der Waals surface area contributed by atoms with Crippen LogP contribution in [0.25, 0.3) is 0 Å². The predicted molar refractivity (Wildman–Crippen MR) is 124 cm³/mol. The van der Waals surface area contributed by atoms with Crippen molar-refractivity contribution in [3.05, 3.63) is 47.9 Å². The molecule has 9 nitrogen and oxygen atoms in total. The number of carbonyl (C=O) groups excluding carboxylic acids is 1. The second kappa shape index (κ2) is 10.3. The zero-order chi connectivity index (χ0) is 23.4. The molecule has 2 aliphatic rings. The molecule has 2 aliphatic heterocycles. The van der Waals surface area contributed by atoms with Crippen molar-refractivity contribution in [2.75, 3.05) is 45.9 Å². The molecule has 1 N–H and O–H groups in total. The van der Waals surface area contributed by atoms with Crippen molar-refractivity contribution in [2.45, 2.75) is 30.8 Å². The molecule has 10 heteroatoms. The van der Waals surface area contributed by atoms with Crippen molar-refractivity contribution in [3.8, 4) is 0 Å². The van der Waals surface area contributed by atoms with E-state index >= 15 is 0 Å². The van der Waals surface area contributed by atoms with Gasteiger partial charge in [-0.15, -0.1) is 0 Å². The van der Waals surface area contributed by atoms with Gasteiger partial charge in [-0.3, -0.25) is 9.69 Å². The van der Waals surface area contributed by atoms with Gasteiger partial charge in [-0.1, -0.05) is 30.3 Å². The molecule has 1 amide bonds. The summed E-state index contributed by atoms with van der Waals surface area (Å²) in [7, 11) is -1.86. The van der Waals surface area contributed by atoms with Gasteiger partial charge in [0.1, 0.15) is 5.82 Å². The van der Waals surface area contributed by atoms with Gasteiger partial charge in [-0.2, -0.15) is 4.31 Å². The number of rotatable bonds is 7. The van der Waals surface area contributed by atoms with E-state index in [0.717, 1.165) is 13.1 Å². The highest BCUT2D eigenvalue weighted by Crippen LogP contribution is 2.25. The van der Waals surface area contributed by atoms with E-state index in [0.29, 0.717) is 51.5 Å². The summed E-state index contributed by atoms with van der Waals surface area (Å²) in [6.07, 6.45) is 2.55. The van der Waals surface area contributed by atoms with Gasteiger partial charge in [0.05, 0.1) is 19.3 Å². The van der Waals surface area contributed by atoms with E-state index in [4.69, 9.17) is 4.74 Å². The molecule has 0 bridgehead atoms. The van der Waals surface area contributed by atoms with Crippen molar-refractivity contribution < 1.29 is 17.9 Å². The van der Waals surface area contributed by atoms with Crippen molar-refractivity contribution in [1.82, 2.24) is 24.1 Å². The summed E-state index contributed by atoms with van der Waals surface area (Å²) in [6.45, 7) is 5.99. The molecule has 3 heterocycles. The Morgan fingerprint density at radius 3 is 2.42 bits per heavy atom. The summed E-state index contributed by atoms with van der Waals surface area (Å²) in [5.41, 5.74) is 1.17. The van der Waals surface area contributed by atoms with E-state index < -0.39 is 10.0 Å². The predicted octanol–water partition coefficient (Wildman–Crippen LogP) is 1.32. The van der Waals surface area contributed by atoms with Gasteiger partial charge < -0.3 is 14.6 Å². The molecule has 0 saturated carbocycles. The lowest BCUT2D eigenvalue weighted by Crippen LogP contribution is -2.46. The number of hydrogen-bond acceptors (Lipinski definition) is 6. The molecule has 180 valence electrons. The van der Waals surface area contributed by atoms with Gasteiger partial charge in [0, 0.05) is 51.9 Å². The number of aromatic nitrogens is 2. The molecule has 1 aromatic heterocycles. The zero-order valence-corrected chi connectivity index (χ0v) is 20.1. The Bertz CT molecular complexity index is 1020. The van der Waals surface area contributed by atoms with E-state index in [1.54, 1.807) is 24.7 Å². The van der Waals surface area contributed by atoms with E-state index in [2.05, 4.69) is 27.3 Å². The maximum atomic E-state index is 13.0. The largest absolute Gasteiger partial charge is 0.379 e. The van der Waals surface area contributed by atoms with Crippen LogP contribution in [0, 0.1) is 12.8 Å². The lowest BCUT2D eigenvalue weighted by molar-refractivity contribution is -0.126. The van der Waals surface area contributed by atoms with Crippen LogP contribution >= 0.6 is 0 Å². The molecule has 2 fully saturated rings. The third kappa shape index (κ3) is 5.46. The number of morpholine rings is 1. The minimum absolute atomic E-state index is 0.00470. The second-order valence-electron chi connectivity index (χ2n) is 8.74. The van der Waals surface area contributed by atoms with E-state index in [-0.39, 0.29) is 22.9 Å². The normalized spacial score (nSPS) is 19.9. The van der Waals surface area contributed by atoms with E-state index in [1.165, 1.54) is 9.87 Å².